The van der Waals surface area contributed by atoms with Crippen LogP contribution in [-0.2, 0) is 9.84 Å². The van der Waals surface area contributed by atoms with Gasteiger partial charge in [0.1, 0.15) is 11.0 Å². The largest absolute Gasteiger partial charge is 0.496 e. The summed E-state index contributed by atoms with van der Waals surface area (Å²) >= 11 is 0. The van der Waals surface area contributed by atoms with E-state index in [1.54, 1.807) is 25.4 Å². The third kappa shape index (κ3) is 2.48. The van der Waals surface area contributed by atoms with Crippen molar-refractivity contribution in [3.63, 3.8) is 0 Å². The zero-order chi connectivity index (χ0) is 15.7. The Kier molecular flexibility index (Phi) is 3.66. The van der Waals surface area contributed by atoms with Gasteiger partial charge < -0.3 is 9.72 Å². The zero-order valence-corrected chi connectivity index (χ0v) is 13.2. The molecular formula is C17H17NO3S. The molecule has 3 rings (SSSR count). The second-order valence-corrected chi connectivity index (χ2v) is 7.37. The number of ether oxygens (including phenoxy) is 1. The molecule has 22 heavy (non-hydrogen) atoms. The first-order chi connectivity index (χ1) is 10.5. The lowest BCUT2D eigenvalue weighted by Gasteiger charge is -2.18. The molecule has 0 aliphatic carbocycles. The predicted octanol–water partition coefficient (Wildman–Crippen LogP) is 3.31. The fraction of sp³-hybridized carbons (Fsp3) is 0.176. The summed E-state index contributed by atoms with van der Waals surface area (Å²) in [5.74, 6) is 0.572. The lowest BCUT2D eigenvalue weighted by Crippen LogP contribution is -2.13. The molecule has 4 nitrogen and oxygen atoms in total. The summed E-state index contributed by atoms with van der Waals surface area (Å²) in [7, 11) is -1.82. The van der Waals surface area contributed by atoms with Crippen LogP contribution in [0.3, 0.4) is 0 Å². The van der Waals surface area contributed by atoms with Gasteiger partial charge in [0, 0.05) is 34.5 Å². The number of fused-ring (bicyclic) bond motifs is 1. The molecule has 0 saturated heterocycles. The van der Waals surface area contributed by atoms with Gasteiger partial charge in [-0.3, -0.25) is 0 Å². The maximum atomic E-state index is 12.5. The van der Waals surface area contributed by atoms with Crippen LogP contribution in [0.4, 0.5) is 0 Å². The van der Waals surface area contributed by atoms with Crippen LogP contribution in [0.15, 0.2) is 54.7 Å². The van der Waals surface area contributed by atoms with Crippen molar-refractivity contribution in [3.8, 4) is 5.75 Å². The minimum absolute atomic E-state index is 0.572. The Hall–Kier alpha value is -2.27. The monoisotopic (exact) mass is 315 g/mol. The highest BCUT2D eigenvalue weighted by molar-refractivity contribution is 7.91. The van der Waals surface area contributed by atoms with E-state index < -0.39 is 15.1 Å². The molecule has 114 valence electrons. The van der Waals surface area contributed by atoms with Crippen LogP contribution in [0.1, 0.15) is 16.4 Å². The smallest absolute Gasteiger partial charge is 0.158 e. The third-order valence-corrected chi connectivity index (χ3v) is 5.12. The van der Waals surface area contributed by atoms with E-state index in [1.807, 2.05) is 36.4 Å². The lowest BCUT2D eigenvalue weighted by molar-refractivity contribution is 0.410. The third-order valence-electron chi connectivity index (χ3n) is 3.75. The van der Waals surface area contributed by atoms with Gasteiger partial charge in [0.25, 0.3) is 0 Å². The molecule has 1 atom stereocenters. The topological polar surface area (TPSA) is 59.2 Å². The first-order valence-electron chi connectivity index (χ1n) is 6.90. The second-order valence-electron chi connectivity index (χ2n) is 5.24. The van der Waals surface area contributed by atoms with Crippen LogP contribution in [0.25, 0.3) is 10.9 Å². The molecule has 0 spiro atoms. The van der Waals surface area contributed by atoms with Crippen LogP contribution in [-0.4, -0.2) is 26.8 Å². The Balaban J connectivity index is 2.29. The van der Waals surface area contributed by atoms with Crippen molar-refractivity contribution in [2.24, 2.45) is 0 Å². The number of H-pyrrole nitrogens is 1. The molecule has 3 aromatic rings. The Bertz CT molecular complexity index is 912. The maximum Gasteiger partial charge on any atom is 0.158 e. The number of methoxy groups -OCH3 is 1. The van der Waals surface area contributed by atoms with Gasteiger partial charge in [-0.25, -0.2) is 8.42 Å². The first kappa shape index (κ1) is 14.7. The SMILES string of the molecule is COc1ccccc1C(c1c[nH]c2ccccc12)S(C)(=O)=O. The summed E-state index contributed by atoms with van der Waals surface area (Å²) in [6.07, 6.45) is 3.02. The summed E-state index contributed by atoms with van der Waals surface area (Å²) in [6.45, 7) is 0. The molecule has 0 radical (unpaired) electrons. The molecule has 1 unspecified atom stereocenters. The number of rotatable bonds is 4. The molecule has 1 heterocycles. The van der Waals surface area contributed by atoms with Crippen LogP contribution < -0.4 is 4.74 Å². The van der Waals surface area contributed by atoms with E-state index in [0.717, 1.165) is 16.5 Å². The van der Waals surface area contributed by atoms with Crippen molar-refractivity contribution in [2.45, 2.75) is 5.25 Å². The van der Waals surface area contributed by atoms with Crippen molar-refractivity contribution < 1.29 is 13.2 Å². The van der Waals surface area contributed by atoms with Gasteiger partial charge in [-0.2, -0.15) is 0 Å². The normalized spacial score (nSPS) is 13.2. The Morgan fingerprint density at radius 2 is 1.68 bits per heavy atom. The summed E-state index contributed by atoms with van der Waals surface area (Å²) in [5.41, 5.74) is 2.31. The molecular weight excluding hydrogens is 298 g/mol. The minimum atomic E-state index is -3.36. The second kappa shape index (κ2) is 5.50. The molecule has 0 saturated carbocycles. The number of aromatic amines is 1. The summed E-state index contributed by atoms with van der Waals surface area (Å²) < 4.78 is 30.3. The highest BCUT2D eigenvalue weighted by Gasteiger charge is 2.29. The zero-order valence-electron chi connectivity index (χ0n) is 12.4. The van der Waals surface area contributed by atoms with Gasteiger partial charge >= 0.3 is 0 Å². The van der Waals surface area contributed by atoms with Crippen molar-refractivity contribution in [2.75, 3.05) is 13.4 Å². The first-order valence-corrected chi connectivity index (χ1v) is 8.85. The van der Waals surface area contributed by atoms with Crippen LogP contribution in [0.2, 0.25) is 0 Å². The Morgan fingerprint density at radius 3 is 2.41 bits per heavy atom. The number of nitrogens with one attached hydrogen (secondary N) is 1. The average Bonchev–Trinajstić information content (AvgIpc) is 2.91. The Labute approximate surface area is 129 Å². The fourth-order valence-corrected chi connectivity index (χ4v) is 4.13. The number of hydrogen-bond donors (Lipinski definition) is 1. The van der Waals surface area contributed by atoms with Crippen LogP contribution in [0, 0.1) is 0 Å². The maximum absolute atomic E-state index is 12.5. The summed E-state index contributed by atoms with van der Waals surface area (Å²) in [5, 5.41) is 0.142. The van der Waals surface area contributed by atoms with Crippen molar-refractivity contribution in [1.29, 1.82) is 0 Å². The molecule has 0 bridgehead atoms. The van der Waals surface area contributed by atoms with Crippen LogP contribution >= 0.6 is 0 Å². The van der Waals surface area contributed by atoms with Crippen LogP contribution in [0.5, 0.6) is 5.75 Å². The number of para-hydroxylation sites is 2. The van der Waals surface area contributed by atoms with Gasteiger partial charge in [-0.15, -0.1) is 0 Å². The predicted molar refractivity (Wildman–Crippen MR) is 88.0 cm³/mol. The average molecular weight is 315 g/mol. The quantitative estimate of drug-likeness (QED) is 0.803. The van der Waals surface area contributed by atoms with E-state index in [0.29, 0.717) is 11.3 Å². The molecule has 1 aromatic heterocycles. The van der Waals surface area contributed by atoms with Gasteiger partial charge in [0.2, 0.25) is 0 Å². The van der Waals surface area contributed by atoms with Gasteiger partial charge in [0.15, 0.2) is 9.84 Å². The standard InChI is InChI=1S/C17H17NO3S/c1-21-16-10-6-4-8-13(16)17(22(2,19)20)14-11-18-15-9-5-3-7-12(14)15/h3-11,17-18H,1-2H3. The number of aromatic nitrogens is 1. The lowest BCUT2D eigenvalue weighted by atomic mass is 10.0. The van der Waals surface area contributed by atoms with E-state index in [2.05, 4.69) is 4.98 Å². The molecule has 2 aromatic carbocycles. The van der Waals surface area contributed by atoms with Gasteiger partial charge in [0.05, 0.1) is 7.11 Å². The van der Waals surface area contributed by atoms with E-state index >= 15 is 0 Å². The highest BCUT2D eigenvalue weighted by Crippen LogP contribution is 2.38. The molecule has 1 N–H and O–H groups in total. The van der Waals surface area contributed by atoms with E-state index in [4.69, 9.17) is 4.74 Å². The number of hydrogen-bond acceptors (Lipinski definition) is 3. The molecule has 0 aliphatic heterocycles. The molecule has 0 fully saturated rings. The number of sulfone groups is 1. The minimum Gasteiger partial charge on any atom is -0.496 e. The highest BCUT2D eigenvalue weighted by atomic mass is 32.2. The van der Waals surface area contributed by atoms with Crippen molar-refractivity contribution in [3.05, 3.63) is 65.9 Å². The summed E-state index contributed by atoms with van der Waals surface area (Å²) in [6, 6.07) is 14.9. The fourth-order valence-electron chi connectivity index (χ4n) is 2.82. The van der Waals surface area contributed by atoms with Gasteiger partial charge in [-0.1, -0.05) is 36.4 Å². The van der Waals surface area contributed by atoms with Crippen molar-refractivity contribution >= 4 is 20.7 Å². The van der Waals surface area contributed by atoms with E-state index in [1.165, 1.54) is 6.26 Å². The molecule has 5 heteroatoms. The van der Waals surface area contributed by atoms with Gasteiger partial charge in [-0.05, 0) is 12.1 Å². The molecule has 0 aliphatic rings. The van der Waals surface area contributed by atoms with Crippen molar-refractivity contribution in [1.82, 2.24) is 4.98 Å². The molecule has 0 amide bonds. The van der Waals surface area contributed by atoms with E-state index in [-0.39, 0.29) is 0 Å². The summed E-state index contributed by atoms with van der Waals surface area (Å²) in [4.78, 5) is 3.14. The number of benzene rings is 2. The van der Waals surface area contributed by atoms with E-state index in [9.17, 15) is 8.42 Å². The Morgan fingerprint density at radius 1 is 1.00 bits per heavy atom.